The first-order chi connectivity index (χ1) is 8.84. The lowest BCUT2D eigenvalue weighted by molar-refractivity contribution is 1.10. The Bertz CT molecular complexity index is 664. The third kappa shape index (κ3) is 1.98. The molecule has 0 spiro atoms. The summed E-state index contributed by atoms with van der Waals surface area (Å²) in [5.41, 5.74) is 3.64. The van der Waals surface area contributed by atoms with Crippen LogP contribution in [0.15, 0.2) is 49.1 Å². The second kappa shape index (κ2) is 4.58. The minimum absolute atomic E-state index is 0.690. The van der Waals surface area contributed by atoms with Gasteiger partial charge in [-0.3, -0.25) is 5.10 Å². The van der Waals surface area contributed by atoms with Crippen molar-refractivity contribution in [2.24, 2.45) is 0 Å². The summed E-state index contributed by atoms with van der Waals surface area (Å²) in [7, 11) is 0. The van der Waals surface area contributed by atoms with E-state index in [2.05, 4.69) is 20.2 Å². The van der Waals surface area contributed by atoms with E-state index < -0.39 is 0 Å². The van der Waals surface area contributed by atoms with Gasteiger partial charge in [-0.2, -0.15) is 5.10 Å². The van der Waals surface area contributed by atoms with E-state index in [0.717, 1.165) is 22.5 Å². The SMILES string of the molecule is Clc1cccc(-c2[nH]ncc2-c2ccncn2)c1. The number of hydrogen-bond acceptors (Lipinski definition) is 3. The predicted molar refractivity (Wildman–Crippen MR) is 70.1 cm³/mol. The standard InChI is InChI=1S/C13H9ClN4/c14-10-3-1-2-9(6-10)13-11(7-17-18-13)12-4-5-15-8-16-12/h1-8H,(H,17,18). The topological polar surface area (TPSA) is 54.5 Å². The molecule has 2 heterocycles. The molecule has 0 aliphatic rings. The van der Waals surface area contributed by atoms with Crippen LogP contribution in [0.4, 0.5) is 0 Å². The van der Waals surface area contributed by atoms with Gasteiger partial charge >= 0.3 is 0 Å². The van der Waals surface area contributed by atoms with Crippen molar-refractivity contribution >= 4 is 11.6 Å². The largest absolute Gasteiger partial charge is 0.277 e. The number of rotatable bonds is 2. The fourth-order valence-corrected chi connectivity index (χ4v) is 1.98. The second-order valence-electron chi connectivity index (χ2n) is 3.76. The molecule has 0 radical (unpaired) electrons. The van der Waals surface area contributed by atoms with E-state index in [-0.39, 0.29) is 0 Å². The summed E-state index contributed by atoms with van der Waals surface area (Å²) in [6.45, 7) is 0. The Labute approximate surface area is 109 Å². The molecule has 0 aliphatic carbocycles. The molecule has 3 rings (SSSR count). The van der Waals surface area contributed by atoms with Crippen LogP contribution in [0.5, 0.6) is 0 Å². The van der Waals surface area contributed by atoms with E-state index in [4.69, 9.17) is 11.6 Å². The first-order valence-corrected chi connectivity index (χ1v) is 5.78. The van der Waals surface area contributed by atoms with Crippen molar-refractivity contribution in [3.63, 3.8) is 0 Å². The van der Waals surface area contributed by atoms with Gasteiger partial charge in [-0.05, 0) is 18.2 Å². The third-order valence-corrected chi connectivity index (χ3v) is 2.85. The smallest absolute Gasteiger partial charge is 0.116 e. The van der Waals surface area contributed by atoms with Crippen molar-refractivity contribution in [3.8, 4) is 22.5 Å². The van der Waals surface area contributed by atoms with Gasteiger partial charge in [0.15, 0.2) is 0 Å². The van der Waals surface area contributed by atoms with E-state index in [1.165, 1.54) is 6.33 Å². The maximum atomic E-state index is 6.00. The van der Waals surface area contributed by atoms with Gasteiger partial charge in [0.1, 0.15) is 6.33 Å². The van der Waals surface area contributed by atoms with Crippen LogP contribution in [0.25, 0.3) is 22.5 Å². The van der Waals surface area contributed by atoms with E-state index in [1.807, 2.05) is 30.3 Å². The zero-order valence-corrected chi connectivity index (χ0v) is 10.1. The maximum absolute atomic E-state index is 6.00. The van der Waals surface area contributed by atoms with Gasteiger partial charge in [-0.1, -0.05) is 23.7 Å². The molecule has 0 amide bonds. The van der Waals surface area contributed by atoms with Crippen molar-refractivity contribution in [2.45, 2.75) is 0 Å². The quantitative estimate of drug-likeness (QED) is 0.766. The molecule has 3 aromatic rings. The van der Waals surface area contributed by atoms with E-state index in [0.29, 0.717) is 5.02 Å². The van der Waals surface area contributed by atoms with Crippen LogP contribution in [-0.4, -0.2) is 20.2 Å². The summed E-state index contributed by atoms with van der Waals surface area (Å²) in [5.74, 6) is 0. The number of benzene rings is 1. The molecule has 0 fully saturated rings. The monoisotopic (exact) mass is 256 g/mol. The predicted octanol–water partition coefficient (Wildman–Crippen LogP) is 3.19. The highest BCUT2D eigenvalue weighted by molar-refractivity contribution is 6.30. The lowest BCUT2D eigenvalue weighted by Gasteiger charge is -2.03. The molecular weight excluding hydrogens is 248 g/mol. The van der Waals surface area contributed by atoms with Crippen LogP contribution in [0, 0.1) is 0 Å². The van der Waals surface area contributed by atoms with Gasteiger partial charge in [0.2, 0.25) is 0 Å². The zero-order chi connectivity index (χ0) is 12.4. The summed E-state index contributed by atoms with van der Waals surface area (Å²) >= 11 is 6.00. The molecule has 0 aliphatic heterocycles. The van der Waals surface area contributed by atoms with Crippen LogP contribution in [0.1, 0.15) is 0 Å². The van der Waals surface area contributed by atoms with E-state index in [9.17, 15) is 0 Å². The fourth-order valence-electron chi connectivity index (χ4n) is 1.79. The number of H-pyrrole nitrogens is 1. The van der Waals surface area contributed by atoms with Crippen LogP contribution in [-0.2, 0) is 0 Å². The summed E-state index contributed by atoms with van der Waals surface area (Å²) in [5, 5.41) is 7.75. The molecule has 2 aromatic heterocycles. The number of nitrogens with zero attached hydrogens (tertiary/aromatic N) is 3. The Morgan fingerprint density at radius 1 is 1.17 bits per heavy atom. The molecule has 5 heteroatoms. The van der Waals surface area contributed by atoms with Gasteiger partial charge in [0, 0.05) is 22.3 Å². The number of nitrogens with one attached hydrogen (secondary N) is 1. The minimum Gasteiger partial charge on any atom is -0.277 e. The molecule has 0 saturated heterocycles. The van der Waals surface area contributed by atoms with Crippen molar-refractivity contribution in [2.75, 3.05) is 0 Å². The molecule has 1 N–H and O–H groups in total. The maximum Gasteiger partial charge on any atom is 0.116 e. The van der Waals surface area contributed by atoms with Crippen molar-refractivity contribution in [3.05, 3.63) is 54.1 Å². The zero-order valence-electron chi connectivity index (χ0n) is 9.34. The number of aromatic amines is 1. The van der Waals surface area contributed by atoms with Gasteiger partial charge in [-0.15, -0.1) is 0 Å². The normalized spacial score (nSPS) is 10.5. The summed E-state index contributed by atoms with van der Waals surface area (Å²) < 4.78 is 0. The number of aromatic nitrogens is 4. The van der Waals surface area contributed by atoms with Crippen molar-refractivity contribution in [1.29, 1.82) is 0 Å². The van der Waals surface area contributed by atoms with Crippen LogP contribution in [0.3, 0.4) is 0 Å². The van der Waals surface area contributed by atoms with Crippen LogP contribution < -0.4 is 0 Å². The van der Waals surface area contributed by atoms with Crippen molar-refractivity contribution < 1.29 is 0 Å². The Morgan fingerprint density at radius 2 is 2.11 bits per heavy atom. The molecule has 88 valence electrons. The molecule has 0 atom stereocenters. The average molecular weight is 257 g/mol. The Balaban J connectivity index is 2.13. The third-order valence-electron chi connectivity index (χ3n) is 2.61. The van der Waals surface area contributed by atoms with Gasteiger partial charge < -0.3 is 0 Å². The minimum atomic E-state index is 0.690. The van der Waals surface area contributed by atoms with E-state index in [1.54, 1.807) is 12.4 Å². The van der Waals surface area contributed by atoms with Gasteiger partial charge in [0.25, 0.3) is 0 Å². The number of hydrogen-bond donors (Lipinski definition) is 1. The summed E-state index contributed by atoms with van der Waals surface area (Å²) in [4.78, 5) is 8.13. The molecule has 0 saturated carbocycles. The highest BCUT2D eigenvalue weighted by Gasteiger charge is 2.10. The highest BCUT2D eigenvalue weighted by atomic mass is 35.5. The van der Waals surface area contributed by atoms with Gasteiger partial charge in [-0.25, -0.2) is 9.97 Å². The first kappa shape index (κ1) is 10.9. The first-order valence-electron chi connectivity index (χ1n) is 5.40. The number of halogens is 1. The Morgan fingerprint density at radius 3 is 2.89 bits per heavy atom. The molecule has 18 heavy (non-hydrogen) atoms. The second-order valence-corrected chi connectivity index (χ2v) is 4.20. The lowest BCUT2D eigenvalue weighted by Crippen LogP contribution is -1.86. The lowest BCUT2D eigenvalue weighted by atomic mass is 10.1. The van der Waals surface area contributed by atoms with Crippen molar-refractivity contribution in [1.82, 2.24) is 20.2 Å². The summed E-state index contributed by atoms with van der Waals surface area (Å²) in [6, 6.07) is 9.46. The molecule has 4 nitrogen and oxygen atoms in total. The average Bonchev–Trinajstić information content (AvgIpc) is 2.89. The molecule has 0 unspecified atom stereocenters. The highest BCUT2D eigenvalue weighted by Crippen LogP contribution is 2.29. The Hall–Kier alpha value is -2.20. The Kier molecular flexibility index (Phi) is 2.78. The van der Waals surface area contributed by atoms with E-state index >= 15 is 0 Å². The molecule has 0 bridgehead atoms. The molecule has 1 aromatic carbocycles. The summed E-state index contributed by atoms with van der Waals surface area (Å²) in [6.07, 6.45) is 4.97. The fraction of sp³-hybridized carbons (Fsp3) is 0. The molecular formula is C13H9ClN4. The van der Waals surface area contributed by atoms with Crippen LogP contribution in [0.2, 0.25) is 5.02 Å². The van der Waals surface area contributed by atoms with Crippen LogP contribution >= 0.6 is 11.6 Å². The van der Waals surface area contributed by atoms with Gasteiger partial charge in [0.05, 0.1) is 17.6 Å².